The number of anilines is 1. The summed E-state index contributed by atoms with van der Waals surface area (Å²) in [6.45, 7) is 5.06. The molecule has 0 aliphatic carbocycles. The summed E-state index contributed by atoms with van der Waals surface area (Å²) in [5.74, 6) is 0.280. The molecule has 0 radical (unpaired) electrons. The molecule has 1 amide bonds. The Kier molecular flexibility index (Phi) is 6.69. The molecule has 2 heterocycles. The minimum absolute atomic E-state index is 0.255. The second-order valence-corrected chi connectivity index (χ2v) is 5.59. The fourth-order valence-corrected chi connectivity index (χ4v) is 2.17. The molecule has 0 saturated carbocycles. The van der Waals surface area contributed by atoms with E-state index < -0.39 is 6.10 Å². The molecule has 0 spiro atoms. The molecule has 0 bridgehead atoms. The van der Waals surface area contributed by atoms with E-state index in [2.05, 4.69) is 31.3 Å². The van der Waals surface area contributed by atoms with E-state index in [9.17, 15) is 4.79 Å². The van der Waals surface area contributed by atoms with Crippen molar-refractivity contribution in [3.63, 3.8) is 0 Å². The van der Waals surface area contributed by atoms with Crippen molar-refractivity contribution >= 4 is 27.5 Å². The predicted molar refractivity (Wildman–Crippen MR) is 89.6 cm³/mol. The first-order valence-corrected chi connectivity index (χ1v) is 8.07. The first-order valence-electron chi connectivity index (χ1n) is 7.27. The maximum atomic E-state index is 12.3. The zero-order valence-electron chi connectivity index (χ0n) is 13.0. The average Bonchev–Trinajstić information content (AvgIpc) is 3.05. The van der Waals surface area contributed by atoms with Gasteiger partial charge in [0.2, 0.25) is 0 Å². The summed E-state index contributed by atoms with van der Waals surface area (Å²) < 4.78 is 13.0. The van der Waals surface area contributed by atoms with Gasteiger partial charge in [-0.1, -0.05) is 0 Å². The second kappa shape index (κ2) is 8.76. The number of aromatic nitrogens is 3. The van der Waals surface area contributed by atoms with Gasteiger partial charge in [0.25, 0.3) is 5.91 Å². The van der Waals surface area contributed by atoms with Crippen molar-refractivity contribution in [3.8, 4) is 5.82 Å². The topological polar surface area (TPSA) is 78.3 Å². The van der Waals surface area contributed by atoms with Gasteiger partial charge in [-0.25, -0.2) is 9.67 Å². The number of nitrogens with one attached hydrogen (secondary N) is 1. The number of hydrogen-bond donors (Lipinski definition) is 1. The monoisotopic (exact) mass is 382 g/mol. The third-order valence-corrected chi connectivity index (χ3v) is 3.42. The van der Waals surface area contributed by atoms with Crippen molar-refractivity contribution in [2.45, 2.75) is 20.0 Å². The van der Waals surface area contributed by atoms with Crippen LogP contribution in [0, 0.1) is 0 Å². The van der Waals surface area contributed by atoms with E-state index in [0.29, 0.717) is 31.3 Å². The Hall–Kier alpha value is -1.77. The fourth-order valence-electron chi connectivity index (χ4n) is 1.84. The van der Waals surface area contributed by atoms with Gasteiger partial charge in [-0.2, -0.15) is 5.10 Å². The normalized spacial score (nSPS) is 12.1. The Labute approximate surface area is 143 Å². The third-order valence-electron chi connectivity index (χ3n) is 2.98. The van der Waals surface area contributed by atoms with Crippen LogP contribution in [0.15, 0.2) is 35.2 Å². The molecule has 0 aromatic carbocycles. The van der Waals surface area contributed by atoms with E-state index in [0.717, 1.165) is 4.47 Å². The molecular formula is C15H19BrN4O3. The van der Waals surface area contributed by atoms with Crippen molar-refractivity contribution in [1.29, 1.82) is 0 Å². The van der Waals surface area contributed by atoms with E-state index in [1.807, 2.05) is 6.92 Å². The lowest BCUT2D eigenvalue weighted by Crippen LogP contribution is -2.29. The highest BCUT2D eigenvalue weighted by atomic mass is 79.9. The van der Waals surface area contributed by atoms with E-state index in [-0.39, 0.29) is 5.91 Å². The summed E-state index contributed by atoms with van der Waals surface area (Å²) in [5.41, 5.74) is 0.549. The average molecular weight is 383 g/mol. The largest absolute Gasteiger partial charge is 0.379 e. The van der Waals surface area contributed by atoms with Crippen LogP contribution < -0.4 is 5.32 Å². The molecule has 1 atom stereocenters. The van der Waals surface area contributed by atoms with E-state index >= 15 is 0 Å². The Morgan fingerprint density at radius 2 is 2.30 bits per heavy atom. The molecule has 2 rings (SSSR count). The SMILES string of the molecule is CCOCCO[C@@H](C)C(=O)Nc1cc(Br)cnc1-n1cccn1. The first-order chi connectivity index (χ1) is 11.1. The number of nitrogens with zero attached hydrogens (tertiary/aromatic N) is 3. The number of halogens is 1. The van der Waals surface area contributed by atoms with Gasteiger partial charge in [0.1, 0.15) is 6.10 Å². The minimum Gasteiger partial charge on any atom is -0.379 e. The second-order valence-electron chi connectivity index (χ2n) is 4.67. The van der Waals surface area contributed by atoms with Crippen LogP contribution >= 0.6 is 15.9 Å². The molecule has 7 nitrogen and oxygen atoms in total. The molecule has 8 heteroatoms. The highest BCUT2D eigenvalue weighted by Gasteiger charge is 2.17. The molecule has 2 aromatic heterocycles. The van der Waals surface area contributed by atoms with Gasteiger partial charge in [-0.05, 0) is 41.9 Å². The van der Waals surface area contributed by atoms with Crippen molar-refractivity contribution < 1.29 is 14.3 Å². The van der Waals surface area contributed by atoms with Gasteiger partial charge in [0.15, 0.2) is 5.82 Å². The molecule has 0 fully saturated rings. The molecular weight excluding hydrogens is 364 g/mol. The minimum atomic E-state index is -0.597. The number of ether oxygens (including phenoxy) is 2. The molecule has 0 saturated heterocycles. The van der Waals surface area contributed by atoms with E-state index in [1.165, 1.54) is 0 Å². The fraction of sp³-hybridized carbons (Fsp3) is 0.400. The van der Waals surface area contributed by atoms with Gasteiger partial charge in [0, 0.05) is 29.7 Å². The van der Waals surface area contributed by atoms with Gasteiger partial charge in [-0.15, -0.1) is 0 Å². The lowest BCUT2D eigenvalue weighted by atomic mass is 10.3. The molecule has 124 valence electrons. The van der Waals surface area contributed by atoms with Crippen LogP contribution in [-0.4, -0.2) is 46.6 Å². The maximum Gasteiger partial charge on any atom is 0.253 e. The van der Waals surface area contributed by atoms with Crippen LogP contribution in [0.2, 0.25) is 0 Å². The summed E-state index contributed by atoms with van der Waals surface area (Å²) in [6.07, 6.45) is 4.46. The molecule has 0 aliphatic rings. The van der Waals surface area contributed by atoms with Crippen molar-refractivity contribution in [2.24, 2.45) is 0 Å². The summed E-state index contributed by atoms with van der Waals surface area (Å²) in [7, 11) is 0. The lowest BCUT2D eigenvalue weighted by molar-refractivity contribution is -0.127. The number of carbonyl (C=O) groups is 1. The van der Waals surface area contributed by atoms with Crippen molar-refractivity contribution in [3.05, 3.63) is 35.2 Å². The summed E-state index contributed by atoms with van der Waals surface area (Å²) in [5, 5.41) is 6.96. The highest BCUT2D eigenvalue weighted by Crippen LogP contribution is 2.22. The standard InChI is InChI=1S/C15H19BrN4O3/c1-3-22-7-8-23-11(2)15(21)19-13-9-12(16)10-17-14(13)20-6-4-5-18-20/h4-6,9-11H,3,7-8H2,1-2H3,(H,19,21)/t11-/m0/s1. The lowest BCUT2D eigenvalue weighted by Gasteiger charge is -2.15. The summed E-state index contributed by atoms with van der Waals surface area (Å²) >= 11 is 3.35. The maximum absolute atomic E-state index is 12.3. The molecule has 1 N–H and O–H groups in total. The highest BCUT2D eigenvalue weighted by molar-refractivity contribution is 9.10. The summed E-state index contributed by atoms with van der Waals surface area (Å²) in [6, 6.07) is 3.56. The van der Waals surface area contributed by atoms with Gasteiger partial charge >= 0.3 is 0 Å². The Balaban J connectivity index is 2.04. The van der Waals surface area contributed by atoms with Gasteiger partial charge < -0.3 is 14.8 Å². The van der Waals surface area contributed by atoms with Crippen molar-refractivity contribution in [1.82, 2.24) is 14.8 Å². The quantitative estimate of drug-likeness (QED) is 0.709. The third kappa shape index (κ3) is 5.12. The molecule has 0 aliphatic heterocycles. The van der Waals surface area contributed by atoms with Crippen LogP contribution in [0.5, 0.6) is 0 Å². The first kappa shape index (κ1) is 17.6. The Bertz CT molecular complexity index is 634. The van der Waals surface area contributed by atoms with Crippen LogP contribution in [0.3, 0.4) is 0 Å². The number of amides is 1. The Morgan fingerprint density at radius 3 is 3.00 bits per heavy atom. The molecule has 23 heavy (non-hydrogen) atoms. The molecule has 2 aromatic rings. The van der Waals surface area contributed by atoms with Crippen LogP contribution in [0.1, 0.15) is 13.8 Å². The zero-order valence-corrected chi connectivity index (χ0v) is 14.6. The van der Waals surface area contributed by atoms with E-state index in [4.69, 9.17) is 9.47 Å². The number of pyridine rings is 1. The number of hydrogen-bond acceptors (Lipinski definition) is 5. The van der Waals surface area contributed by atoms with E-state index in [1.54, 1.807) is 42.3 Å². The van der Waals surface area contributed by atoms with Crippen LogP contribution in [-0.2, 0) is 14.3 Å². The Morgan fingerprint density at radius 1 is 1.48 bits per heavy atom. The molecule has 0 unspecified atom stereocenters. The number of rotatable bonds is 8. The smallest absolute Gasteiger partial charge is 0.253 e. The van der Waals surface area contributed by atoms with Crippen molar-refractivity contribution in [2.75, 3.05) is 25.1 Å². The predicted octanol–water partition coefficient (Wildman–Crippen LogP) is 2.41. The zero-order chi connectivity index (χ0) is 16.7. The van der Waals surface area contributed by atoms with Gasteiger partial charge in [-0.3, -0.25) is 4.79 Å². The summed E-state index contributed by atoms with van der Waals surface area (Å²) in [4.78, 5) is 16.6. The van der Waals surface area contributed by atoms with Crippen LogP contribution in [0.25, 0.3) is 5.82 Å². The van der Waals surface area contributed by atoms with Gasteiger partial charge in [0.05, 0.1) is 18.9 Å². The van der Waals surface area contributed by atoms with Crippen LogP contribution in [0.4, 0.5) is 5.69 Å². The number of carbonyl (C=O) groups excluding carboxylic acids is 1.